The van der Waals surface area contributed by atoms with Crippen molar-refractivity contribution in [3.8, 4) is 10.7 Å². The number of carbonyl (C=O) groups is 1. The smallest absolute Gasteiger partial charge is 0.380 e. The zero-order valence-electron chi connectivity index (χ0n) is 20.5. The first kappa shape index (κ1) is 25.5. The Labute approximate surface area is 219 Å². The van der Waals surface area contributed by atoms with Gasteiger partial charge in [-0.25, -0.2) is 4.39 Å². The summed E-state index contributed by atoms with van der Waals surface area (Å²) in [5.74, 6) is -0.568. The molecule has 2 bridgehead atoms. The molecule has 1 amide bonds. The van der Waals surface area contributed by atoms with Gasteiger partial charge < -0.3 is 20.3 Å². The van der Waals surface area contributed by atoms with Crippen LogP contribution in [0.1, 0.15) is 43.6 Å². The summed E-state index contributed by atoms with van der Waals surface area (Å²) in [4.78, 5) is 18.5. The second kappa shape index (κ2) is 9.16. The molecule has 0 unspecified atom stereocenters. The van der Waals surface area contributed by atoms with E-state index in [1.165, 1.54) is 0 Å². The Hall–Kier alpha value is -2.77. The van der Waals surface area contributed by atoms with E-state index in [9.17, 15) is 23.1 Å². The number of alkyl halides is 4. The third-order valence-electron chi connectivity index (χ3n) is 7.93. The van der Waals surface area contributed by atoms with Crippen molar-refractivity contribution in [1.82, 2.24) is 20.4 Å². The number of hydrogen-bond acceptors (Lipinski definition) is 8. The van der Waals surface area contributed by atoms with Gasteiger partial charge in [-0.3, -0.25) is 9.69 Å². The summed E-state index contributed by atoms with van der Waals surface area (Å²) in [5, 5.41) is 20.0. The Morgan fingerprint density at radius 1 is 1.32 bits per heavy atom. The maximum atomic E-state index is 15.3. The van der Waals surface area contributed by atoms with E-state index in [-0.39, 0.29) is 40.8 Å². The second-order valence-electron chi connectivity index (χ2n) is 10.5. The van der Waals surface area contributed by atoms with Crippen LogP contribution in [0.25, 0.3) is 20.8 Å². The number of nitrogens with zero attached hydrogens (tertiary/aromatic N) is 3. The van der Waals surface area contributed by atoms with Crippen LogP contribution in [0, 0.1) is 0 Å². The van der Waals surface area contributed by atoms with E-state index >= 15 is 4.39 Å². The Balaban J connectivity index is 1.31. The molecule has 13 heteroatoms. The van der Waals surface area contributed by atoms with Gasteiger partial charge in [0.15, 0.2) is 0 Å². The zero-order valence-corrected chi connectivity index (χ0v) is 21.3. The maximum absolute atomic E-state index is 15.3. The normalized spacial score (nSPS) is 26.6. The van der Waals surface area contributed by atoms with Gasteiger partial charge in [-0.15, -0.1) is 11.3 Å². The first-order chi connectivity index (χ1) is 18.0. The monoisotopic (exact) mass is 553 g/mol. The Morgan fingerprint density at radius 3 is 2.84 bits per heavy atom. The molecule has 2 aliphatic heterocycles. The quantitative estimate of drug-likeness (QED) is 0.377. The minimum Gasteiger partial charge on any atom is -0.380 e. The van der Waals surface area contributed by atoms with Crippen LogP contribution in [0.15, 0.2) is 22.7 Å². The molecule has 4 atom stereocenters. The van der Waals surface area contributed by atoms with Crippen LogP contribution in [0.4, 0.5) is 23.2 Å². The lowest BCUT2D eigenvalue weighted by molar-refractivity contribution is -0.131. The fourth-order valence-electron chi connectivity index (χ4n) is 5.66. The summed E-state index contributed by atoms with van der Waals surface area (Å²) in [6, 6.07) is 4.72. The number of fused-ring (bicyclic) bond motifs is 3. The first-order valence-corrected chi connectivity index (χ1v) is 13.4. The maximum Gasteiger partial charge on any atom is 0.393 e. The van der Waals surface area contributed by atoms with Crippen LogP contribution in [0.2, 0.25) is 0 Å². The van der Waals surface area contributed by atoms with Crippen molar-refractivity contribution in [3.63, 3.8) is 0 Å². The van der Waals surface area contributed by atoms with Crippen LogP contribution < -0.4 is 10.6 Å². The minimum atomic E-state index is -4.48. The van der Waals surface area contributed by atoms with Crippen molar-refractivity contribution in [2.75, 3.05) is 12.4 Å². The molecule has 6 rings (SSSR count). The van der Waals surface area contributed by atoms with Gasteiger partial charge >= 0.3 is 6.18 Å². The summed E-state index contributed by atoms with van der Waals surface area (Å²) in [6.45, 7) is -0.156. The predicted octanol–water partition coefficient (Wildman–Crippen LogP) is 4.18. The van der Waals surface area contributed by atoms with Gasteiger partial charge in [0, 0.05) is 12.1 Å². The van der Waals surface area contributed by atoms with Crippen LogP contribution in [-0.4, -0.2) is 69.2 Å². The average Bonchev–Trinajstić information content (AvgIpc) is 3.17. The Bertz CT molecular complexity index is 1370. The number of aromatic nitrogens is 2. The van der Waals surface area contributed by atoms with E-state index in [2.05, 4.69) is 25.7 Å². The molecule has 8 nitrogen and oxygen atoms in total. The van der Waals surface area contributed by atoms with Gasteiger partial charge in [-0.05, 0) is 56.2 Å². The highest BCUT2D eigenvalue weighted by Gasteiger charge is 2.48. The van der Waals surface area contributed by atoms with Crippen LogP contribution >= 0.6 is 11.3 Å². The highest BCUT2D eigenvalue weighted by molar-refractivity contribution is 7.23. The third-order valence-corrected chi connectivity index (χ3v) is 9.20. The molecule has 2 saturated heterocycles. The molecule has 1 aliphatic carbocycles. The van der Waals surface area contributed by atoms with Crippen molar-refractivity contribution in [3.05, 3.63) is 29.7 Å². The van der Waals surface area contributed by atoms with E-state index in [4.69, 9.17) is 4.52 Å². The SMILES string of the molecule is CN1[C@@H]2CC[C@H]1[C@H](F)[C@H](Nc1cccc3c(CC(F)(F)F)c(-c4noc(CNC(=O)C5(O)CC5)n4)sc13)C2. The topological polar surface area (TPSA) is 104 Å². The number of piperidine rings is 1. The number of rotatable bonds is 7. The number of benzene rings is 1. The van der Waals surface area contributed by atoms with Gasteiger partial charge in [0.1, 0.15) is 11.8 Å². The highest BCUT2D eigenvalue weighted by atomic mass is 32.1. The zero-order chi connectivity index (χ0) is 26.8. The number of thiophene rings is 1. The molecule has 1 aromatic carbocycles. The standard InChI is InChI=1S/C25H27F4N5O3S/c1-34-12-5-6-17(34)19(26)16(9-12)31-15-4-2-3-13-14(10-25(27,28)29)21(38-20(13)15)22-32-18(37-33-22)11-30-23(35)24(36)7-8-24/h2-4,12,16-17,19,31,36H,5-11H2,1H3,(H,30,35)/t12-,16-,17+,19-/m1/s1. The molecule has 3 aromatic rings. The van der Waals surface area contributed by atoms with Crippen LogP contribution in [-0.2, 0) is 17.8 Å². The van der Waals surface area contributed by atoms with Gasteiger partial charge in [-0.1, -0.05) is 17.3 Å². The molecule has 0 radical (unpaired) electrons. The van der Waals surface area contributed by atoms with E-state index in [0.717, 1.165) is 24.2 Å². The van der Waals surface area contributed by atoms with Crippen molar-refractivity contribution >= 4 is 33.0 Å². The molecular weight excluding hydrogens is 526 g/mol. The summed E-state index contributed by atoms with van der Waals surface area (Å²) >= 11 is 1.10. The van der Waals surface area contributed by atoms with E-state index in [1.807, 2.05) is 7.05 Å². The first-order valence-electron chi connectivity index (χ1n) is 12.6. The Kier molecular flexibility index (Phi) is 6.15. The van der Waals surface area contributed by atoms with Crippen molar-refractivity contribution < 1.29 is 32.0 Å². The fraction of sp³-hybridized carbons (Fsp3) is 0.560. The molecular formula is C25H27F4N5O3S. The molecule has 1 saturated carbocycles. The van der Waals surface area contributed by atoms with E-state index in [0.29, 0.717) is 35.0 Å². The molecule has 3 fully saturated rings. The van der Waals surface area contributed by atoms with Crippen LogP contribution in [0.3, 0.4) is 0 Å². The summed E-state index contributed by atoms with van der Waals surface area (Å²) in [6.07, 6.45) is -3.68. The molecule has 3 aliphatic rings. The highest BCUT2D eigenvalue weighted by Crippen LogP contribution is 2.45. The van der Waals surface area contributed by atoms with Crippen molar-refractivity contribution in [2.45, 2.75) is 81.1 Å². The summed E-state index contributed by atoms with van der Waals surface area (Å²) < 4.78 is 62.0. The minimum absolute atomic E-state index is 0.00781. The van der Waals surface area contributed by atoms with Gasteiger partial charge in [0.25, 0.3) is 5.91 Å². The van der Waals surface area contributed by atoms with Gasteiger partial charge in [0.2, 0.25) is 11.7 Å². The predicted molar refractivity (Wildman–Crippen MR) is 132 cm³/mol. The molecule has 204 valence electrons. The lowest BCUT2D eigenvalue weighted by Crippen LogP contribution is -2.53. The van der Waals surface area contributed by atoms with Crippen molar-refractivity contribution in [1.29, 1.82) is 0 Å². The Morgan fingerprint density at radius 2 is 2.11 bits per heavy atom. The van der Waals surface area contributed by atoms with E-state index < -0.39 is 36.3 Å². The number of nitrogens with one attached hydrogen (secondary N) is 2. The molecule has 3 N–H and O–H groups in total. The van der Waals surface area contributed by atoms with Crippen molar-refractivity contribution in [2.24, 2.45) is 0 Å². The third kappa shape index (κ3) is 4.64. The van der Waals surface area contributed by atoms with Crippen LogP contribution in [0.5, 0.6) is 0 Å². The number of amides is 1. The van der Waals surface area contributed by atoms with Gasteiger partial charge in [0.05, 0.1) is 34.3 Å². The lowest BCUT2D eigenvalue weighted by atomic mass is 9.95. The summed E-state index contributed by atoms with van der Waals surface area (Å²) in [5.41, 5.74) is -0.777. The number of aliphatic hydroxyl groups is 1. The number of anilines is 1. The summed E-state index contributed by atoms with van der Waals surface area (Å²) in [7, 11) is 1.94. The molecule has 4 heterocycles. The average molecular weight is 554 g/mol. The largest absolute Gasteiger partial charge is 0.393 e. The number of halogens is 4. The molecule has 38 heavy (non-hydrogen) atoms. The molecule has 2 aromatic heterocycles. The lowest BCUT2D eigenvalue weighted by Gasteiger charge is -2.39. The second-order valence-corrected chi connectivity index (χ2v) is 11.5. The number of hydrogen-bond donors (Lipinski definition) is 3. The fourth-order valence-corrected chi connectivity index (χ4v) is 6.89. The van der Waals surface area contributed by atoms with Gasteiger partial charge in [-0.2, -0.15) is 18.2 Å². The number of carbonyl (C=O) groups excluding carboxylic acids is 1. The molecule has 0 spiro atoms. The van der Waals surface area contributed by atoms with E-state index in [1.54, 1.807) is 18.2 Å².